The van der Waals surface area contributed by atoms with Crippen LogP contribution in [0.4, 0.5) is 0 Å². The van der Waals surface area contributed by atoms with Crippen molar-refractivity contribution in [3.05, 3.63) is 65.2 Å². The number of hydrogen-bond donors (Lipinski definition) is 0. The highest BCUT2D eigenvalue weighted by Gasteiger charge is 2.12. The largest absolute Gasteiger partial charge is 0.305 e. The maximum Gasteiger partial charge on any atom is 0.191 e. The van der Waals surface area contributed by atoms with Gasteiger partial charge in [0.25, 0.3) is 0 Å². The monoisotopic (exact) mass is 337 g/mol. The summed E-state index contributed by atoms with van der Waals surface area (Å²) in [5.74, 6) is 2.39. The van der Waals surface area contributed by atoms with E-state index in [-0.39, 0.29) is 0 Å². The Morgan fingerprint density at radius 1 is 1.00 bits per heavy atom. The molecule has 0 spiro atoms. The maximum atomic E-state index is 4.39. The molecule has 124 valence electrons. The first-order valence-electron chi connectivity index (χ1n) is 8.23. The standard InChI is InChI=1S/C20H23N3S/c1-14(2)17-11-9-16(10-12-17)13-24-20-22-21-19(23(20)4)18-8-6-5-7-15(18)3/h5-12,14H,13H2,1-4H3. The minimum Gasteiger partial charge on any atom is -0.305 e. The van der Waals surface area contributed by atoms with Crippen molar-refractivity contribution in [1.29, 1.82) is 0 Å². The Bertz CT molecular complexity index is 819. The molecule has 0 amide bonds. The molecule has 0 saturated carbocycles. The van der Waals surface area contributed by atoms with Crippen LogP contribution in [0.1, 0.15) is 36.5 Å². The average Bonchev–Trinajstić information content (AvgIpc) is 2.94. The van der Waals surface area contributed by atoms with Crippen LogP contribution >= 0.6 is 11.8 Å². The SMILES string of the molecule is Cc1ccccc1-c1nnc(SCc2ccc(C(C)C)cc2)n1C. The molecular weight excluding hydrogens is 314 g/mol. The lowest BCUT2D eigenvalue weighted by atomic mass is 10.0. The average molecular weight is 337 g/mol. The third-order valence-corrected chi connectivity index (χ3v) is 5.33. The van der Waals surface area contributed by atoms with E-state index in [1.54, 1.807) is 11.8 Å². The molecule has 0 atom stereocenters. The molecule has 24 heavy (non-hydrogen) atoms. The molecule has 3 rings (SSSR count). The van der Waals surface area contributed by atoms with Gasteiger partial charge in [-0.1, -0.05) is 74.1 Å². The lowest BCUT2D eigenvalue weighted by Crippen LogP contribution is -1.96. The fourth-order valence-corrected chi connectivity index (χ4v) is 3.51. The van der Waals surface area contributed by atoms with Gasteiger partial charge in [-0.3, -0.25) is 0 Å². The Hall–Kier alpha value is -2.07. The van der Waals surface area contributed by atoms with Gasteiger partial charge in [0.15, 0.2) is 11.0 Å². The third-order valence-electron chi connectivity index (χ3n) is 4.24. The van der Waals surface area contributed by atoms with Crippen LogP contribution in [0.15, 0.2) is 53.7 Å². The zero-order valence-corrected chi connectivity index (χ0v) is 15.5. The molecule has 0 bridgehead atoms. The van der Waals surface area contributed by atoms with Crippen molar-refractivity contribution in [1.82, 2.24) is 14.8 Å². The highest BCUT2D eigenvalue weighted by molar-refractivity contribution is 7.98. The van der Waals surface area contributed by atoms with E-state index in [1.165, 1.54) is 16.7 Å². The van der Waals surface area contributed by atoms with Crippen molar-refractivity contribution in [2.24, 2.45) is 7.05 Å². The quantitative estimate of drug-likeness (QED) is 0.599. The van der Waals surface area contributed by atoms with Crippen molar-refractivity contribution >= 4 is 11.8 Å². The smallest absolute Gasteiger partial charge is 0.191 e. The molecule has 0 aliphatic heterocycles. The molecule has 0 N–H and O–H groups in total. The number of aromatic nitrogens is 3. The molecule has 1 heterocycles. The first-order valence-corrected chi connectivity index (χ1v) is 9.22. The fourth-order valence-electron chi connectivity index (χ4n) is 2.65. The van der Waals surface area contributed by atoms with E-state index in [9.17, 15) is 0 Å². The first-order chi connectivity index (χ1) is 11.6. The minimum absolute atomic E-state index is 0.571. The Balaban J connectivity index is 1.74. The summed E-state index contributed by atoms with van der Waals surface area (Å²) in [5.41, 5.74) is 5.04. The van der Waals surface area contributed by atoms with Crippen LogP contribution in [0.2, 0.25) is 0 Å². The van der Waals surface area contributed by atoms with Crippen molar-refractivity contribution in [2.75, 3.05) is 0 Å². The van der Waals surface area contributed by atoms with Gasteiger partial charge in [-0.25, -0.2) is 0 Å². The minimum atomic E-state index is 0.571. The Kier molecular flexibility index (Phi) is 5.05. The number of nitrogens with zero attached hydrogens (tertiary/aromatic N) is 3. The summed E-state index contributed by atoms with van der Waals surface area (Å²) in [5, 5.41) is 9.70. The van der Waals surface area contributed by atoms with Crippen LogP contribution in [0.5, 0.6) is 0 Å². The summed E-state index contributed by atoms with van der Waals surface area (Å²) >= 11 is 1.73. The van der Waals surface area contributed by atoms with Crippen LogP contribution in [0.3, 0.4) is 0 Å². The predicted molar refractivity (Wildman–Crippen MR) is 101 cm³/mol. The normalized spacial score (nSPS) is 11.2. The molecule has 0 fully saturated rings. The molecule has 1 aromatic heterocycles. The van der Waals surface area contributed by atoms with E-state index in [0.29, 0.717) is 5.92 Å². The molecule has 0 saturated heterocycles. The van der Waals surface area contributed by atoms with Crippen LogP contribution in [-0.2, 0) is 12.8 Å². The summed E-state index contributed by atoms with van der Waals surface area (Å²) in [7, 11) is 2.03. The molecule has 0 unspecified atom stereocenters. The zero-order chi connectivity index (χ0) is 17.1. The van der Waals surface area contributed by atoms with Gasteiger partial charge < -0.3 is 4.57 Å². The number of thioether (sulfide) groups is 1. The fraction of sp³-hybridized carbons (Fsp3) is 0.300. The Morgan fingerprint density at radius 3 is 2.38 bits per heavy atom. The summed E-state index contributed by atoms with van der Waals surface area (Å²) in [6.07, 6.45) is 0. The second-order valence-electron chi connectivity index (χ2n) is 6.37. The number of benzene rings is 2. The molecule has 2 aromatic carbocycles. The van der Waals surface area contributed by atoms with Crippen molar-refractivity contribution in [2.45, 2.75) is 37.6 Å². The molecule has 3 aromatic rings. The number of aryl methyl sites for hydroxylation is 1. The van der Waals surface area contributed by atoms with Crippen LogP contribution in [-0.4, -0.2) is 14.8 Å². The zero-order valence-electron chi connectivity index (χ0n) is 14.7. The number of hydrogen-bond acceptors (Lipinski definition) is 3. The Morgan fingerprint density at radius 2 is 1.71 bits per heavy atom. The van der Waals surface area contributed by atoms with Crippen molar-refractivity contribution in [3.8, 4) is 11.4 Å². The molecule has 0 aliphatic rings. The van der Waals surface area contributed by atoms with Gasteiger partial charge in [-0.05, 0) is 29.5 Å². The van der Waals surface area contributed by atoms with Gasteiger partial charge in [0.2, 0.25) is 0 Å². The second-order valence-corrected chi connectivity index (χ2v) is 7.31. The van der Waals surface area contributed by atoms with Gasteiger partial charge in [0, 0.05) is 18.4 Å². The summed E-state index contributed by atoms with van der Waals surface area (Å²) in [6, 6.07) is 17.1. The predicted octanol–water partition coefficient (Wildman–Crippen LogP) is 5.21. The van der Waals surface area contributed by atoms with E-state index >= 15 is 0 Å². The van der Waals surface area contributed by atoms with Gasteiger partial charge in [-0.15, -0.1) is 10.2 Å². The van der Waals surface area contributed by atoms with E-state index in [2.05, 4.69) is 71.9 Å². The van der Waals surface area contributed by atoms with Crippen molar-refractivity contribution in [3.63, 3.8) is 0 Å². The highest BCUT2D eigenvalue weighted by atomic mass is 32.2. The second kappa shape index (κ2) is 7.22. The van der Waals surface area contributed by atoms with Crippen LogP contribution < -0.4 is 0 Å². The lowest BCUT2D eigenvalue weighted by molar-refractivity contribution is 0.793. The van der Waals surface area contributed by atoms with Crippen molar-refractivity contribution < 1.29 is 0 Å². The van der Waals surface area contributed by atoms with E-state index in [0.717, 1.165) is 22.3 Å². The maximum absolute atomic E-state index is 4.39. The summed E-state index contributed by atoms with van der Waals surface area (Å²) in [6.45, 7) is 6.54. The van der Waals surface area contributed by atoms with Gasteiger partial charge in [0.05, 0.1) is 0 Å². The molecule has 0 aliphatic carbocycles. The topological polar surface area (TPSA) is 30.7 Å². The molecule has 0 radical (unpaired) electrons. The van der Waals surface area contributed by atoms with E-state index in [1.807, 2.05) is 19.2 Å². The van der Waals surface area contributed by atoms with E-state index in [4.69, 9.17) is 0 Å². The summed E-state index contributed by atoms with van der Waals surface area (Å²) in [4.78, 5) is 0. The molecule has 4 heteroatoms. The first kappa shape index (κ1) is 16.8. The van der Waals surface area contributed by atoms with Crippen LogP contribution in [0, 0.1) is 6.92 Å². The van der Waals surface area contributed by atoms with Gasteiger partial charge in [-0.2, -0.15) is 0 Å². The van der Waals surface area contributed by atoms with Gasteiger partial charge in [0.1, 0.15) is 0 Å². The van der Waals surface area contributed by atoms with E-state index < -0.39 is 0 Å². The lowest BCUT2D eigenvalue weighted by Gasteiger charge is -2.08. The van der Waals surface area contributed by atoms with Crippen LogP contribution in [0.25, 0.3) is 11.4 Å². The molecule has 3 nitrogen and oxygen atoms in total. The third kappa shape index (κ3) is 3.54. The Labute approximate surface area is 148 Å². The molecular formula is C20H23N3S. The number of rotatable bonds is 5. The van der Waals surface area contributed by atoms with Gasteiger partial charge >= 0.3 is 0 Å². The summed E-state index contributed by atoms with van der Waals surface area (Å²) < 4.78 is 2.08. The highest BCUT2D eigenvalue weighted by Crippen LogP contribution is 2.27.